The van der Waals surface area contributed by atoms with Gasteiger partial charge in [-0.2, -0.15) is 0 Å². The van der Waals surface area contributed by atoms with Crippen molar-refractivity contribution in [2.24, 2.45) is 11.8 Å². The molecule has 1 aromatic heterocycles. The highest BCUT2D eigenvalue weighted by Crippen LogP contribution is 2.17. The Hall–Kier alpha value is -0.890. The minimum atomic E-state index is 0.528. The number of aryl methyl sites for hydroxylation is 1. The molecule has 0 aromatic carbocycles. The second-order valence-corrected chi connectivity index (χ2v) is 5.69. The predicted octanol–water partition coefficient (Wildman–Crippen LogP) is 3.59. The van der Waals surface area contributed by atoms with Gasteiger partial charge in [-0.15, -0.1) is 0 Å². The van der Waals surface area contributed by atoms with Crippen molar-refractivity contribution in [2.45, 2.75) is 53.5 Å². The number of hydrogen-bond acceptors (Lipinski definition) is 2. The summed E-state index contributed by atoms with van der Waals surface area (Å²) in [6.07, 6.45) is 4.18. The first kappa shape index (κ1) is 15.2. The van der Waals surface area contributed by atoms with E-state index in [1.807, 2.05) is 6.20 Å². The summed E-state index contributed by atoms with van der Waals surface area (Å²) < 4.78 is 0. The molecule has 0 aliphatic rings. The highest BCUT2D eigenvalue weighted by atomic mass is 14.9. The SMILES string of the molecule is CCCNC(Cc1ccc(C)cn1)C(C)C(C)C. The van der Waals surface area contributed by atoms with Crippen LogP contribution in [-0.4, -0.2) is 17.6 Å². The molecule has 0 amide bonds. The third-order valence-corrected chi connectivity index (χ3v) is 3.74. The van der Waals surface area contributed by atoms with Gasteiger partial charge in [0.05, 0.1) is 0 Å². The number of aromatic nitrogens is 1. The Morgan fingerprint density at radius 2 is 1.94 bits per heavy atom. The molecule has 1 rings (SSSR count). The Bertz CT molecular complexity index is 329. The van der Waals surface area contributed by atoms with E-state index in [4.69, 9.17) is 0 Å². The normalized spacial score (nSPS) is 14.8. The molecular formula is C16H28N2. The summed E-state index contributed by atoms with van der Waals surface area (Å²) in [6, 6.07) is 4.84. The van der Waals surface area contributed by atoms with Gasteiger partial charge < -0.3 is 5.32 Å². The summed E-state index contributed by atoms with van der Waals surface area (Å²) in [5.74, 6) is 1.37. The van der Waals surface area contributed by atoms with Gasteiger partial charge in [0, 0.05) is 24.4 Å². The molecule has 1 heterocycles. The van der Waals surface area contributed by atoms with E-state index in [1.165, 1.54) is 17.7 Å². The van der Waals surface area contributed by atoms with E-state index in [1.54, 1.807) is 0 Å². The maximum atomic E-state index is 4.53. The van der Waals surface area contributed by atoms with Gasteiger partial charge in [0.25, 0.3) is 0 Å². The first-order chi connectivity index (χ1) is 8.54. The van der Waals surface area contributed by atoms with E-state index in [0.717, 1.165) is 13.0 Å². The van der Waals surface area contributed by atoms with Gasteiger partial charge in [0.15, 0.2) is 0 Å². The van der Waals surface area contributed by atoms with Gasteiger partial charge in [-0.1, -0.05) is 33.8 Å². The summed E-state index contributed by atoms with van der Waals surface area (Å²) in [4.78, 5) is 4.53. The highest BCUT2D eigenvalue weighted by molar-refractivity contribution is 5.13. The van der Waals surface area contributed by atoms with Crippen molar-refractivity contribution in [1.82, 2.24) is 10.3 Å². The Morgan fingerprint density at radius 1 is 1.22 bits per heavy atom. The van der Waals surface area contributed by atoms with Crippen LogP contribution in [0.25, 0.3) is 0 Å². The van der Waals surface area contributed by atoms with Crippen molar-refractivity contribution in [2.75, 3.05) is 6.54 Å². The second kappa shape index (κ2) is 7.52. The summed E-state index contributed by atoms with van der Waals surface area (Å²) in [5.41, 5.74) is 2.43. The molecule has 2 heteroatoms. The number of nitrogens with one attached hydrogen (secondary N) is 1. The molecule has 2 unspecified atom stereocenters. The molecule has 0 spiro atoms. The smallest absolute Gasteiger partial charge is 0.0419 e. The molecule has 2 nitrogen and oxygen atoms in total. The lowest BCUT2D eigenvalue weighted by molar-refractivity contribution is 0.295. The Morgan fingerprint density at radius 3 is 2.44 bits per heavy atom. The average Bonchev–Trinajstić information content (AvgIpc) is 2.35. The fourth-order valence-corrected chi connectivity index (χ4v) is 2.08. The average molecular weight is 248 g/mol. The van der Waals surface area contributed by atoms with Crippen molar-refractivity contribution < 1.29 is 0 Å². The zero-order chi connectivity index (χ0) is 13.5. The van der Waals surface area contributed by atoms with Crippen molar-refractivity contribution in [3.8, 4) is 0 Å². The lowest BCUT2D eigenvalue weighted by atomic mass is 9.87. The molecule has 18 heavy (non-hydrogen) atoms. The first-order valence-corrected chi connectivity index (χ1v) is 7.19. The van der Waals surface area contributed by atoms with Gasteiger partial charge in [0.2, 0.25) is 0 Å². The van der Waals surface area contributed by atoms with Crippen LogP contribution in [0.4, 0.5) is 0 Å². The van der Waals surface area contributed by atoms with Crippen molar-refractivity contribution in [3.63, 3.8) is 0 Å². The van der Waals surface area contributed by atoms with Crippen molar-refractivity contribution in [3.05, 3.63) is 29.6 Å². The van der Waals surface area contributed by atoms with E-state index in [-0.39, 0.29) is 0 Å². The van der Waals surface area contributed by atoms with Crippen LogP contribution >= 0.6 is 0 Å². The maximum absolute atomic E-state index is 4.53. The minimum Gasteiger partial charge on any atom is -0.313 e. The predicted molar refractivity (Wildman–Crippen MR) is 78.8 cm³/mol. The maximum Gasteiger partial charge on any atom is 0.0419 e. The van der Waals surface area contributed by atoms with Gasteiger partial charge in [0.1, 0.15) is 0 Å². The van der Waals surface area contributed by atoms with Crippen LogP contribution in [-0.2, 0) is 6.42 Å². The fraction of sp³-hybridized carbons (Fsp3) is 0.688. The van der Waals surface area contributed by atoms with Gasteiger partial charge in [-0.25, -0.2) is 0 Å². The van der Waals surface area contributed by atoms with Crippen molar-refractivity contribution in [1.29, 1.82) is 0 Å². The van der Waals surface area contributed by atoms with E-state index in [0.29, 0.717) is 17.9 Å². The molecule has 2 atom stereocenters. The number of rotatable bonds is 7. The van der Waals surface area contributed by atoms with Crippen LogP contribution in [0.1, 0.15) is 45.4 Å². The summed E-state index contributed by atoms with van der Waals surface area (Å²) in [7, 11) is 0. The highest BCUT2D eigenvalue weighted by Gasteiger charge is 2.20. The number of pyridine rings is 1. The molecule has 0 bridgehead atoms. The number of nitrogens with zero attached hydrogens (tertiary/aromatic N) is 1. The monoisotopic (exact) mass is 248 g/mol. The van der Waals surface area contributed by atoms with Crippen molar-refractivity contribution >= 4 is 0 Å². The Kier molecular flexibility index (Phi) is 6.34. The lowest BCUT2D eigenvalue weighted by Gasteiger charge is -2.28. The minimum absolute atomic E-state index is 0.528. The van der Waals surface area contributed by atoms with Crippen LogP contribution in [0.3, 0.4) is 0 Å². The second-order valence-electron chi connectivity index (χ2n) is 5.69. The molecule has 0 aliphatic heterocycles. The molecule has 1 N–H and O–H groups in total. The Balaban J connectivity index is 2.68. The van der Waals surface area contributed by atoms with E-state index in [9.17, 15) is 0 Å². The Labute approximate surface area is 112 Å². The third kappa shape index (κ3) is 4.77. The molecule has 0 radical (unpaired) electrons. The quantitative estimate of drug-likeness (QED) is 0.797. The number of hydrogen-bond donors (Lipinski definition) is 1. The zero-order valence-electron chi connectivity index (χ0n) is 12.5. The van der Waals surface area contributed by atoms with Gasteiger partial charge in [-0.3, -0.25) is 4.98 Å². The molecule has 0 saturated heterocycles. The summed E-state index contributed by atoms with van der Waals surface area (Å²) >= 11 is 0. The molecule has 102 valence electrons. The molecular weight excluding hydrogens is 220 g/mol. The molecule has 0 aliphatic carbocycles. The molecule has 0 fully saturated rings. The van der Waals surface area contributed by atoms with Crippen LogP contribution in [0.2, 0.25) is 0 Å². The molecule has 0 saturated carbocycles. The lowest BCUT2D eigenvalue weighted by Crippen LogP contribution is -2.39. The zero-order valence-corrected chi connectivity index (χ0v) is 12.5. The van der Waals surface area contributed by atoms with E-state index in [2.05, 4.69) is 57.1 Å². The summed E-state index contributed by atoms with van der Waals surface area (Å²) in [6.45, 7) is 12.3. The van der Waals surface area contributed by atoms with E-state index < -0.39 is 0 Å². The first-order valence-electron chi connectivity index (χ1n) is 7.19. The van der Waals surface area contributed by atoms with Gasteiger partial charge >= 0.3 is 0 Å². The molecule has 1 aromatic rings. The fourth-order valence-electron chi connectivity index (χ4n) is 2.08. The largest absolute Gasteiger partial charge is 0.313 e. The van der Waals surface area contributed by atoms with Crippen LogP contribution in [0.15, 0.2) is 18.3 Å². The van der Waals surface area contributed by atoms with Crippen LogP contribution in [0.5, 0.6) is 0 Å². The van der Waals surface area contributed by atoms with Crippen LogP contribution < -0.4 is 5.32 Å². The van der Waals surface area contributed by atoms with Crippen LogP contribution in [0, 0.1) is 18.8 Å². The standard InChI is InChI=1S/C16H28N2/c1-6-9-17-16(14(5)12(2)3)10-15-8-7-13(4)11-18-15/h7-8,11-12,14,16-17H,6,9-10H2,1-5H3. The van der Waals surface area contributed by atoms with E-state index >= 15 is 0 Å². The third-order valence-electron chi connectivity index (χ3n) is 3.74. The summed E-state index contributed by atoms with van der Waals surface area (Å²) in [5, 5.41) is 3.67. The van der Waals surface area contributed by atoms with Gasteiger partial charge in [-0.05, 0) is 43.4 Å². The topological polar surface area (TPSA) is 24.9 Å².